The molecule has 0 aromatic heterocycles. The molecule has 1 aliphatic rings. The first-order chi connectivity index (χ1) is 6.49. The molecule has 0 saturated heterocycles. The number of hydrogen-bond acceptors (Lipinski definition) is 2. The Morgan fingerprint density at radius 1 is 1.43 bits per heavy atom. The molecule has 3 heteroatoms. The number of nitrogens with two attached hydrogens (primary N) is 1. The molecule has 1 aromatic rings. The van der Waals surface area contributed by atoms with Gasteiger partial charge in [0.1, 0.15) is 5.82 Å². The first-order valence-electron chi connectivity index (χ1n) is 4.75. The molecule has 0 amide bonds. The Kier molecular flexibility index (Phi) is 2.09. The fourth-order valence-electron chi connectivity index (χ4n) is 2.05. The molecular weight excluding hydrogens is 181 g/mol. The van der Waals surface area contributed by atoms with Crippen molar-refractivity contribution in [3.05, 3.63) is 35.1 Å². The predicted molar refractivity (Wildman–Crippen MR) is 52.2 cm³/mol. The second kappa shape index (κ2) is 3.04. The van der Waals surface area contributed by atoms with E-state index >= 15 is 0 Å². The lowest BCUT2D eigenvalue weighted by molar-refractivity contribution is -0.0525. The van der Waals surface area contributed by atoms with Crippen molar-refractivity contribution in [1.29, 1.82) is 0 Å². The first kappa shape index (κ1) is 9.62. The zero-order valence-corrected chi connectivity index (χ0v) is 8.13. The molecule has 2 nitrogen and oxygen atoms in total. The summed E-state index contributed by atoms with van der Waals surface area (Å²) in [6.07, 6.45) is 1.05. The average molecular weight is 195 g/mol. The SMILES string of the molecule is Cc1cc(F)cc(C2(O)CC(N)C2)c1. The fourth-order valence-corrected chi connectivity index (χ4v) is 2.05. The molecule has 14 heavy (non-hydrogen) atoms. The van der Waals surface area contributed by atoms with Gasteiger partial charge in [0.2, 0.25) is 0 Å². The number of benzene rings is 1. The molecule has 1 saturated carbocycles. The van der Waals surface area contributed by atoms with Gasteiger partial charge in [-0.25, -0.2) is 4.39 Å². The van der Waals surface area contributed by atoms with Gasteiger partial charge in [-0.3, -0.25) is 0 Å². The number of aryl methyl sites for hydroxylation is 1. The summed E-state index contributed by atoms with van der Waals surface area (Å²) in [5, 5.41) is 10.1. The van der Waals surface area contributed by atoms with E-state index < -0.39 is 5.60 Å². The second-order valence-corrected chi connectivity index (χ2v) is 4.22. The van der Waals surface area contributed by atoms with Crippen molar-refractivity contribution in [1.82, 2.24) is 0 Å². The van der Waals surface area contributed by atoms with Crippen LogP contribution < -0.4 is 5.73 Å². The van der Waals surface area contributed by atoms with E-state index in [0.29, 0.717) is 18.4 Å². The van der Waals surface area contributed by atoms with Crippen LogP contribution in [0.4, 0.5) is 4.39 Å². The maximum Gasteiger partial charge on any atom is 0.123 e. The van der Waals surface area contributed by atoms with Crippen LogP contribution in [0.3, 0.4) is 0 Å². The summed E-state index contributed by atoms with van der Waals surface area (Å²) in [7, 11) is 0. The third kappa shape index (κ3) is 1.53. The smallest absolute Gasteiger partial charge is 0.123 e. The lowest BCUT2D eigenvalue weighted by Crippen LogP contribution is -2.49. The van der Waals surface area contributed by atoms with Crippen LogP contribution in [0.5, 0.6) is 0 Å². The molecule has 0 atom stereocenters. The normalized spacial score (nSPS) is 31.3. The zero-order chi connectivity index (χ0) is 10.3. The Morgan fingerprint density at radius 3 is 2.57 bits per heavy atom. The topological polar surface area (TPSA) is 46.2 Å². The lowest BCUT2D eigenvalue weighted by Gasteiger charge is -2.42. The van der Waals surface area contributed by atoms with E-state index in [9.17, 15) is 9.50 Å². The van der Waals surface area contributed by atoms with Crippen LogP contribution in [0.25, 0.3) is 0 Å². The Balaban J connectivity index is 2.32. The maximum atomic E-state index is 13.1. The Morgan fingerprint density at radius 2 is 2.07 bits per heavy atom. The standard InChI is InChI=1S/C11H14FNO/c1-7-2-8(4-9(12)3-7)11(14)5-10(13)6-11/h2-4,10,14H,5-6,13H2,1H3. The maximum absolute atomic E-state index is 13.1. The van der Waals surface area contributed by atoms with E-state index in [4.69, 9.17) is 5.73 Å². The van der Waals surface area contributed by atoms with Crippen molar-refractivity contribution in [2.24, 2.45) is 5.73 Å². The van der Waals surface area contributed by atoms with Gasteiger partial charge >= 0.3 is 0 Å². The van der Waals surface area contributed by atoms with Gasteiger partial charge in [-0.2, -0.15) is 0 Å². The van der Waals surface area contributed by atoms with E-state index in [-0.39, 0.29) is 11.9 Å². The Bertz CT molecular complexity index is 338. The summed E-state index contributed by atoms with van der Waals surface area (Å²) >= 11 is 0. The van der Waals surface area contributed by atoms with Crippen LogP contribution in [0, 0.1) is 12.7 Å². The fraction of sp³-hybridized carbons (Fsp3) is 0.455. The molecule has 2 rings (SSSR count). The summed E-state index contributed by atoms with van der Waals surface area (Å²) in [5.41, 5.74) is 6.19. The van der Waals surface area contributed by atoms with Crippen LogP contribution in [-0.2, 0) is 5.60 Å². The highest BCUT2D eigenvalue weighted by Crippen LogP contribution is 2.40. The van der Waals surface area contributed by atoms with Crippen LogP contribution >= 0.6 is 0 Å². The Hall–Kier alpha value is -0.930. The summed E-state index contributed by atoms with van der Waals surface area (Å²) in [6.45, 7) is 1.81. The number of halogens is 1. The minimum Gasteiger partial charge on any atom is -0.385 e. The van der Waals surface area contributed by atoms with E-state index in [1.807, 2.05) is 13.0 Å². The van der Waals surface area contributed by atoms with Gasteiger partial charge in [0.15, 0.2) is 0 Å². The summed E-state index contributed by atoms with van der Waals surface area (Å²) in [5.74, 6) is -0.297. The largest absolute Gasteiger partial charge is 0.385 e. The molecule has 1 aliphatic carbocycles. The minimum absolute atomic E-state index is 0.0450. The van der Waals surface area contributed by atoms with Crippen molar-refractivity contribution >= 4 is 0 Å². The number of aliphatic hydroxyl groups is 1. The molecule has 0 radical (unpaired) electrons. The molecule has 0 spiro atoms. The molecule has 0 heterocycles. The van der Waals surface area contributed by atoms with Crippen molar-refractivity contribution in [3.63, 3.8) is 0 Å². The molecule has 0 unspecified atom stereocenters. The first-order valence-corrected chi connectivity index (χ1v) is 4.75. The van der Waals surface area contributed by atoms with Crippen LogP contribution in [-0.4, -0.2) is 11.1 Å². The lowest BCUT2D eigenvalue weighted by atomic mass is 9.71. The number of rotatable bonds is 1. The van der Waals surface area contributed by atoms with Crippen molar-refractivity contribution in [2.45, 2.75) is 31.4 Å². The van der Waals surface area contributed by atoms with Gasteiger partial charge in [0.25, 0.3) is 0 Å². The van der Waals surface area contributed by atoms with Gasteiger partial charge in [-0.1, -0.05) is 6.07 Å². The van der Waals surface area contributed by atoms with Crippen LogP contribution in [0.2, 0.25) is 0 Å². The third-order valence-corrected chi connectivity index (χ3v) is 2.78. The van der Waals surface area contributed by atoms with E-state index in [2.05, 4.69) is 0 Å². The number of hydrogen-bond donors (Lipinski definition) is 2. The quantitative estimate of drug-likeness (QED) is 0.712. The Labute approximate surface area is 82.5 Å². The van der Waals surface area contributed by atoms with E-state index in [0.717, 1.165) is 5.56 Å². The molecular formula is C11H14FNO. The zero-order valence-electron chi connectivity index (χ0n) is 8.13. The predicted octanol–water partition coefficient (Wildman–Crippen LogP) is 1.44. The van der Waals surface area contributed by atoms with Gasteiger partial charge in [0, 0.05) is 6.04 Å². The minimum atomic E-state index is -0.897. The molecule has 1 aromatic carbocycles. The van der Waals surface area contributed by atoms with Crippen LogP contribution in [0.1, 0.15) is 24.0 Å². The molecule has 1 fully saturated rings. The summed E-state index contributed by atoms with van der Waals surface area (Å²) < 4.78 is 13.1. The van der Waals surface area contributed by atoms with Crippen LogP contribution in [0.15, 0.2) is 18.2 Å². The van der Waals surface area contributed by atoms with Crippen molar-refractivity contribution < 1.29 is 9.50 Å². The average Bonchev–Trinajstić information content (AvgIpc) is 1.99. The molecule has 0 aliphatic heterocycles. The van der Waals surface area contributed by atoms with Gasteiger partial charge < -0.3 is 10.8 Å². The monoisotopic (exact) mass is 195 g/mol. The molecule has 76 valence electrons. The second-order valence-electron chi connectivity index (χ2n) is 4.22. The van der Waals surface area contributed by atoms with Crippen molar-refractivity contribution in [2.75, 3.05) is 0 Å². The third-order valence-electron chi connectivity index (χ3n) is 2.78. The van der Waals surface area contributed by atoms with Gasteiger partial charge in [-0.15, -0.1) is 0 Å². The van der Waals surface area contributed by atoms with Crippen molar-refractivity contribution in [3.8, 4) is 0 Å². The highest BCUT2D eigenvalue weighted by molar-refractivity contribution is 5.31. The van der Waals surface area contributed by atoms with E-state index in [1.54, 1.807) is 0 Å². The van der Waals surface area contributed by atoms with Gasteiger partial charge in [0.05, 0.1) is 5.60 Å². The molecule has 3 N–H and O–H groups in total. The van der Waals surface area contributed by atoms with Gasteiger partial charge in [-0.05, 0) is 43.0 Å². The summed E-state index contributed by atoms with van der Waals surface area (Å²) in [4.78, 5) is 0. The molecule has 0 bridgehead atoms. The van der Waals surface area contributed by atoms with E-state index in [1.165, 1.54) is 12.1 Å². The highest BCUT2D eigenvalue weighted by Gasteiger charge is 2.42. The highest BCUT2D eigenvalue weighted by atomic mass is 19.1. The summed E-state index contributed by atoms with van der Waals surface area (Å²) in [6, 6.07) is 4.70.